The van der Waals surface area contributed by atoms with Gasteiger partial charge in [-0.2, -0.15) is 5.10 Å². The van der Waals surface area contributed by atoms with Gasteiger partial charge in [0.1, 0.15) is 0 Å². The highest BCUT2D eigenvalue weighted by Crippen LogP contribution is 2.36. The summed E-state index contributed by atoms with van der Waals surface area (Å²) in [4.78, 5) is 10.5. The topological polar surface area (TPSA) is 106 Å². The summed E-state index contributed by atoms with van der Waals surface area (Å²) in [5.41, 5.74) is 8.33. The lowest BCUT2D eigenvalue weighted by Gasteiger charge is -2.12. The van der Waals surface area contributed by atoms with E-state index in [4.69, 9.17) is 20.3 Å². The van der Waals surface area contributed by atoms with Crippen molar-refractivity contribution < 1.29 is 19.4 Å². The van der Waals surface area contributed by atoms with Crippen molar-refractivity contribution in [3.8, 4) is 11.5 Å². The van der Waals surface area contributed by atoms with Crippen LogP contribution in [0.4, 0.5) is 0 Å². The summed E-state index contributed by atoms with van der Waals surface area (Å²) in [6.07, 6.45) is 1.48. The van der Waals surface area contributed by atoms with Crippen molar-refractivity contribution in [2.75, 3.05) is 13.7 Å². The zero-order chi connectivity index (χ0) is 15.1. The predicted molar refractivity (Wildman–Crippen MR) is 81.3 cm³/mol. The molecule has 0 aliphatic heterocycles. The van der Waals surface area contributed by atoms with Crippen molar-refractivity contribution in [2.24, 2.45) is 10.8 Å². The van der Waals surface area contributed by atoms with E-state index in [0.717, 1.165) is 0 Å². The molecule has 0 saturated carbocycles. The van der Waals surface area contributed by atoms with E-state index in [1.165, 1.54) is 13.3 Å². The van der Waals surface area contributed by atoms with Gasteiger partial charge in [-0.25, -0.2) is 4.79 Å². The van der Waals surface area contributed by atoms with Crippen LogP contribution in [0.15, 0.2) is 21.7 Å². The lowest BCUT2D eigenvalue weighted by atomic mass is 10.2. The Bertz CT molecular complexity index is 551. The molecule has 1 aromatic carbocycles. The molecular formula is C11H12BrN3O4S. The maximum atomic E-state index is 10.5. The van der Waals surface area contributed by atoms with E-state index >= 15 is 0 Å². The molecular weight excluding hydrogens is 350 g/mol. The average molecular weight is 362 g/mol. The number of methoxy groups -OCH3 is 1. The summed E-state index contributed by atoms with van der Waals surface area (Å²) in [6.45, 7) is -0.467. The van der Waals surface area contributed by atoms with Gasteiger partial charge in [0, 0.05) is 0 Å². The first-order chi connectivity index (χ1) is 9.43. The molecule has 9 heteroatoms. The van der Waals surface area contributed by atoms with Gasteiger partial charge < -0.3 is 20.3 Å². The lowest BCUT2D eigenvalue weighted by Crippen LogP contribution is -2.23. The summed E-state index contributed by atoms with van der Waals surface area (Å²) in [5.74, 6) is -0.406. The van der Waals surface area contributed by atoms with Crippen LogP contribution < -0.4 is 20.6 Å². The number of hydrogen-bond acceptors (Lipinski definition) is 5. The van der Waals surface area contributed by atoms with Gasteiger partial charge in [0.2, 0.25) is 0 Å². The standard InChI is InChI=1S/C11H12BrN3O4S/c1-18-8-3-6(4-14-15-11(13)20)2-7(12)10(8)19-5-9(16)17/h2-4H,5H2,1H3,(H,16,17)(H3,13,15,20)/b14-4+. The van der Waals surface area contributed by atoms with Gasteiger partial charge in [-0.1, -0.05) is 0 Å². The molecule has 0 aliphatic rings. The molecule has 0 spiro atoms. The zero-order valence-corrected chi connectivity index (χ0v) is 12.8. The number of hydrazone groups is 1. The Hall–Kier alpha value is -1.87. The van der Waals surface area contributed by atoms with Crippen LogP contribution in [-0.4, -0.2) is 36.1 Å². The molecule has 7 nitrogen and oxygen atoms in total. The molecule has 0 aliphatic carbocycles. The Kier molecular flexibility index (Phi) is 6.19. The van der Waals surface area contributed by atoms with Crippen molar-refractivity contribution in [3.63, 3.8) is 0 Å². The quantitative estimate of drug-likeness (QED) is 0.395. The summed E-state index contributed by atoms with van der Waals surface area (Å²) in [5, 5.41) is 12.5. The van der Waals surface area contributed by atoms with Gasteiger partial charge in [-0.05, 0) is 45.8 Å². The van der Waals surface area contributed by atoms with Crippen LogP contribution in [0.1, 0.15) is 5.56 Å². The second-order valence-corrected chi connectivity index (χ2v) is 4.74. The van der Waals surface area contributed by atoms with Crippen molar-refractivity contribution in [1.82, 2.24) is 5.43 Å². The molecule has 0 radical (unpaired) electrons. The summed E-state index contributed by atoms with van der Waals surface area (Å²) < 4.78 is 10.8. The van der Waals surface area contributed by atoms with Gasteiger partial charge >= 0.3 is 5.97 Å². The highest BCUT2D eigenvalue weighted by atomic mass is 79.9. The fraction of sp³-hybridized carbons (Fsp3) is 0.182. The highest BCUT2D eigenvalue weighted by Gasteiger charge is 2.12. The Labute approximate surface area is 128 Å². The average Bonchev–Trinajstić information content (AvgIpc) is 2.36. The van der Waals surface area contributed by atoms with Gasteiger partial charge in [0.15, 0.2) is 23.2 Å². The number of carboxylic acids is 1. The molecule has 0 heterocycles. The third-order valence-corrected chi connectivity index (χ3v) is 2.66. The summed E-state index contributed by atoms with van der Waals surface area (Å²) in [6, 6.07) is 3.32. The molecule has 1 rings (SSSR count). The first-order valence-electron chi connectivity index (χ1n) is 5.24. The van der Waals surface area contributed by atoms with E-state index in [1.807, 2.05) is 0 Å². The lowest BCUT2D eigenvalue weighted by molar-refractivity contribution is -0.139. The molecule has 0 fully saturated rings. The molecule has 0 bridgehead atoms. The zero-order valence-electron chi connectivity index (χ0n) is 10.4. The fourth-order valence-corrected chi connectivity index (χ4v) is 1.89. The molecule has 0 amide bonds. The van der Waals surface area contributed by atoms with Crippen molar-refractivity contribution in [2.45, 2.75) is 0 Å². The second-order valence-electron chi connectivity index (χ2n) is 3.45. The number of rotatable bonds is 6. The number of nitrogens with two attached hydrogens (primary N) is 1. The maximum Gasteiger partial charge on any atom is 0.341 e. The Balaban J connectivity index is 2.97. The van der Waals surface area contributed by atoms with Crippen molar-refractivity contribution in [1.29, 1.82) is 0 Å². The van der Waals surface area contributed by atoms with Crippen molar-refractivity contribution >= 4 is 45.4 Å². The van der Waals surface area contributed by atoms with Gasteiger partial charge in [0.25, 0.3) is 0 Å². The van der Waals surface area contributed by atoms with Crippen LogP contribution in [0, 0.1) is 0 Å². The molecule has 0 unspecified atom stereocenters. The minimum atomic E-state index is -1.08. The number of nitrogens with one attached hydrogen (secondary N) is 1. The number of nitrogens with zero attached hydrogens (tertiary/aromatic N) is 1. The third kappa shape index (κ3) is 5.02. The van der Waals surface area contributed by atoms with Gasteiger partial charge in [-0.15, -0.1) is 0 Å². The van der Waals surface area contributed by atoms with Crippen LogP contribution in [0.3, 0.4) is 0 Å². The molecule has 1 aromatic rings. The summed E-state index contributed by atoms with van der Waals surface area (Å²) in [7, 11) is 1.45. The maximum absolute atomic E-state index is 10.5. The Morgan fingerprint density at radius 2 is 2.35 bits per heavy atom. The number of carbonyl (C=O) groups is 1. The number of carboxylic acid groups (broad SMARTS) is 1. The van der Waals surface area contributed by atoms with E-state index in [1.54, 1.807) is 12.1 Å². The van der Waals surface area contributed by atoms with E-state index < -0.39 is 12.6 Å². The first-order valence-corrected chi connectivity index (χ1v) is 6.44. The van der Waals surface area contributed by atoms with E-state index in [0.29, 0.717) is 21.5 Å². The molecule has 0 atom stereocenters. The second kappa shape index (κ2) is 7.65. The third-order valence-electron chi connectivity index (χ3n) is 1.98. The largest absolute Gasteiger partial charge is 0.493 e. The minimum Gasteiger partial charge on any atom is -0.493 e. The highest BCUT2D eigenvalue weighted by molar-refractivity contribution is 9.10. The number of ether oxygens (including phenoxy) is 2. The smallest absolute Gasteiger partial charge is 0.341 e. The summed E-state index contributed by atoms with van der Waals surface area (Å²) >= 11 is 7.89. The van der Waals surface area contributed by atoms with Crippen LogP contribution in [-0.2, 0) is 4.79 Å². The number of benzene rings is 1. The predicted octanol–water partition coefficient (Wildman–Crippen LogP) is 1.09. The normalized spacial score (nSPS) is 10.3. The molecule has 0 saturated heterocycles. The van der Waals surface area contributed by atoms with Crippen LogP contribution in [0.5, 0.6) is 11.5 Å². The fourth-order valence-electron chi connectivity index (χ4n) is 1.26. The van der Waals surface area contributed by atoms with Crippen LogP contribution in [0.2, 0.25) is 0 Å². The van der Waals surface area contributed by atoms with Gasteiger partial charge in [0.05, 0.1) is 17.8 Å². The Morgan fingerprint density at radius 1 is 1.65 bits per heavy atom. The van der Waals surface area contributed by atoms with Crippen molar-refractivity contribution in [3.05, 3.63) is 22.2 Å². The van der Waals surface area contributed by atoms with Crippen LogP contribution >= 0.6 is 28.1 Å². The molecule has 4 N–H and O–H groups in total. The van der Waals surface area contributed by atoms with Crippen LogP contribution in [0.25, 0.3) is 0 Å². The minimum absolute atomic E-state index is 0.0497. The first kappa shape index (κ1) is 16.2. The van der Waals surface area contributed by atoms with E-state index in [2.05, 4.69) is 38.7 Å². The molecule has 20 heavy (non-hydrogen) atoms. The SMILES string of the molecule is COc1cc(/C=N/NC(N)=S)cc(Br)c1OCC(=O)O. The monoisotopic (exact) mass is 361 g/mol. The number of thiocarbonyl (C=S) groups is 1. The molecule has 108 valence electrons. The van der Waals surface area contributed by atoms with E-state index in [-0.39, 0.29) is 5.11 Å². The number of hydrogen-bond donors (Lipinski definition) is 3. The number of halogens is 1. The van der Waals surface area contributed by atoms with Gasteiger partial charge in [-0.3, -0.25) is 5.43 Å². The molecule has 0 aromatic heterocycles. The number of aliphatic carboxylic acids is 1. The Morgan fingerprint density at radius 3 is 2.90 bits per heavy atom. The van der Waals surface area contributed by atoms with E-state index in [9.17, 15) is 4.79 Å².